The summed E-state index contributed by atoms with van der Waals surface area (Å²) in [7, 11) is 0. The van der Waals surface area contributed by atoms with Crippen molar-refractivity contribution >= 4 is 5.91 Å². The minimum Gasteiger partial charge on any atom is -0.325 e. The molecule has 1 N–H and O–H groups in total. The average molecular weight is 278 g/mol. The maximum absolute atomic E-state index is 12.7. The summed E-state index contributed by atoms with van der Waals surface area (Å²) in [5, 5.41) is 3.69. The normalized spacial score (nSPS) is 37.9. The van der Waals surface area contributed by atoms with Crippen molar-refractivity contribution in [3.8, 4) is 0 Å². The van der Waals surface area contributed by atoms with E-state index in [9.17, 15) is 4.79 Å². The summed E-state index contributed by atoms with van der Waals surface area (Å²) in [6.07, 6.45) is 10.3. The molecule has 1 saturated heterocycles. The van der Waals surface area contributed by atoms with Gasteiger partial charge in [-0.15, -0.1) is 0 Å². The van der Waals surface area contributed by atoms with Crippen molar-refractivity contribution in [2.24, 2.45) is 17.8 Å². The molecule has 0 radical (unpaired) electrons. The van der Waals surface area contributed by atoms with Gasteiger partial charge in [-0.1, -0.05) is 39.5 Å². The zero-order chi connectivity index (χ0) is 14.1. The minimum atomic E-state index is 0.106. The van der Waals surface area contributed by atoms with Crippen LogP contribution in [0.1, 0.15) is 65.2 Å². The molecule has 2 saturated carbocycles. The molecule has 4 atom stereocenters. The van der Waals surface area contributed by atoms with Gasteiger partial charge in [-0.3, -0.25) is 10.1 Å². The Morgan fingerprint density at radius 1 is 1.30 bits per heavy atom. The Balaban J connectivity index is 1.66. The summed E-state index contributed by atoms with van der Waals surface area (Å²) in [5.74, 6) is 2.71. The fourth-order valence-corrected chi connectivity index (χ4v) is 4.09. The third-order valence-corrected chi connectivity index (χ3v) is 5.69. The number of nitrogens with one attached hydrogen (secondary N) is 1. The number of hydrogen-bond acceptors (Lipinski definition) is 2. The van der Waals surface area contributed by atoms with Gasteiger partial charge in [0.1, 0.15) is 0 Å². The van der Waals surface area contributed by atoms with Gasteiger partial charge in [0, 0.05) is 6.54 Å². The van der Waals surface area contributed by atoms with Crippen molar-refractivity contribution in [2.75, 3.05) is 6.54 Å². The van der Waals surface area contributed by atoms with E-state index in [0.717, 1.165) is 31.2 Å². The number of carbonyl (C=O) groups is 1. The van der Waals surface area contributed by atoms with Crippen molar-refractivity contribution in [2.45, 2.75) is 77.4 Å². The predicted octanol–water partition coefficient (Wildman–Crippen LogP) is 3.15. The van der Waals surface area contributed by atoms with Crippen LogP contribution in [0.15, 0.2) is 0 Å². The Morgan fingerprint density at radius 2 is 2.00 bits per heavy atom. The van der Waals surface area contributed by atoms with Gasteiger partial charge in [0.05, 0.1) is 12.2 Å². The van der Waals surface area contributed by atoms with Crippen LogP contribution >= 0.6 is 0 Å². The summed E-state index contributed by atoms with van der Waals surface area (Å²) >= 11 is 0. The van der Waals surface area contributed by atoms with Crippen LogP contribution in [-0.4, -0.2) is 29.6 Å². The Morgan fingerprint density at radius 3 is 2.60 bits per heavy atom. The Hall–Kier alpha value is -0.570. The number of nitrogens with zero attached hydrogens (tertiary/aromatic N) is 1. The molecule has 1 amide bonds. The Bertz CT molecular complexity index is 351. The van der Waals surface area contributed by atoms with Crippen LogP contribution in [0.3, 0.4) is 0 Å². The van der Waals surface area contributed by atoms with Gasteiger partial charge in [-0.05, 0) is 43.4 Å². The second-order valence-electron chi connectivity index (χ2n) is 7.31. The van der Waals surface area contributed by atoms with Crippen molar-refractivity contribution in [1.29, 1.82) is 0 Å². The van der Waals surface area contributed by atoms with E-state index < -0.39 is 0 Å². The topological polar surface area (TPSA) is 32.3 Å². The molecule has 3 aliphatic rings. The molecule has 0 aromatic rings. The molecule has 1 aliphatic heterocycles. The van der Waals surface area contributed by atoms with Crippen molar-refractivity contribution in [3.63, 3.8) is 0 Å². The van der Waals surface area contributed by atoms with E-state index in [1.807, 2.05) is 0 Å². The minimum absolute atomic E-state index is 0.106. The van der Waals surface area contributed by atoms with E-state index in [1.165, 1.54) is 38.5 Å². The molecular formula is C17H30N2O. The molecule has 0 aromatic carbocycles. The van der Waals surface area contributed by atoms with E-state index in [-0.39, 0.29) is 6.04 Å². The van der Waals surface area contributed by atoms with Gasteiger partial charge in [0.2, 0.25) is 5.91 Å². The Labute approximate surface area is 123 Å². The Kier molecular flexibility index (Phi) is 4.34. The number of hydrogen-bond donors (Lipinski definition) is 1. The van der Waals surface area contributed by atoms with Gasteiger partial charge in [-0.25, -0.2) is 0 Å². The molecule has 20 heavy (non-hydrogen) atoms. The van der Waals surface area contributed by atoms with Crippen LogP contribution in [-0.2, 0) is 4.79 Å². The lowest BCUT2D eigenvalue weighted by molar-refractivity contribution is -0.131. The lowest BCUT2D eigenvalue weighted by atomic mass is 10.0. The van der Waals surface area contributed by atoms with Gasteiger partial charge >= 0.3 is 0 Å². The van der Waals surface area contributed by atoms with Crippen molar-refractivity contribution in [1.82, 2.24) is 10.2 Å². The number of carbonyl (C=O) groups excluding carboxylic acids is 1. The summed E-state index contributed by atoms with van der Waals surface area (Å²) in [6, 6.07) is 0.106. The maximum Gasteiger partial charge on any atom is 0.241 e. The first kappa shape index (κ1) is 14.4. The number of unbranched alkanes of at least 4 members (excludes halogenated alkanes) is 1. The molecular weight excluding hydrogens is 248 g/mol. The van der Waals surface area contributed by atoms with Crippen LogP contribution in [0, 0.1) is 17.8 Å². The molecule has 3 fully saturated rings. The van der Waals surface area contributed by atoms with Crippen LogP contribution < -0.4 is 5.32 Å². The fourth-order valence-electron chi connectivity index (χ4n) is 4.09. The van der Waals surface area contributed by atoms with Crippen molar-refractivity contribution < 1.29 is 4.79 Å². The number of amides is 1. The molecule has 0 spiro atoms. The molecule has 2 aliphatic carbocycles. The zero-order valence-corrected chi connectivity index (χ0v) is 13.1. The molecule has 0 aromatic heterocycles. The third kappa shape index (κ3) is 2.88. The van der Waals surface area contributed by atoms with Crippen LogP contribution in [0.4, 0.5) is 0 Å². The van der Waals surface area contributed by atoms with Gasteiger partial charge in [-0.2, -0.15) is 0 Å². The average Bonchev–Trinajstić information content (AvgIpc) is 2.84. The van der Waals surface area contributed by atoms with Gasteiger partial charge in [0.25, 0.3) is 0 Å². The quantitative estimate of drug-likeness (QED) is 0.809. The van der Waals surface area contributed by atoms with E-state index in [2.05, 4.69) is 24.1 Å². The summed E-state index contributed by atoms with van der Waals surface area (Å²) in [6.45, 7) is 5.53. The SMILES string of the molecule is CCCCC1NC(C2CCCC2)N(CC2CC2C)C1=O. The van der Waals surface area contributed by atoms with Crippen LogP contribution in [0.5, 0.6) is 0 Å². The molecule has 4 unspecified atom stereocenters. The van der Waals surface area contributed by atoms with E-state index >= 15 is 0 Å². The molecule has 3 heteroatoms. The zero-order valence-electron chi connectivity index (χ0n) is 13.1. The van der Waals surface area contributed by atoms with E-state index in [1.54, 1.807) is 0 Å². The lowest BCUT2D eigenvalue weighted by Crippen LogP contribution is -2.43. The largest absolute Gasteiger partial charge is 0.325 e. The lowest BCUT2D eigenvalue weighted by Gasteiger charge is -2.29. The highest BCUT2D eigenvalue weighted by Gasteiger charge is 2.46. The summed E-state index contributed by atoms with van der Waals surface area (Å²) in [5.41, 5.74) is 0. The molecule has 3 rings (SSSR count). The highest BCUT2D eigenvalue weighted by atomic mass is 16.2. The van der Waals surface area contributed by atoms with Crippen LogP contribution in [0.25, 0.3) is 0 Å². The van der Waals surface area contributed by atoms with Crippen LogP contribution in [0.2, 0.25) is 0 Å². The maximum atomic E-state index is 12.7. The highest BCUT2D eigenvalue weighted by molar-refractivity contribution is 5.84. The monoisotopic (exact) mass is 278 g/mol. The number of rotatable bonds is 6. The second kappa shape index (κ2) is 6.05. The highest BCUT2D eigenvalue weighted by Crippen LogP contribution is 2.41. The molecule has 0 bridgehead atoms. The second-order valence-corrected chi connectivity index (χ2v) is 7.31. The first-order valence-corrected chi connectivity index (χ1v) is 8.77. The molecule has 1 heterocycles. The smallest absolute Gasteiger partial charge is 0.241 e. The van der Waals surface area contributed by atoms with E-state index in [0.29, 0.717) is 18.0 Å². The van der Waals surface area contributed by atoms with Gasteiger partial charge < -0.3 is 4.90 Å². The molecule has 114 valence electrons. The standard InChI is InChI=1S/C17H30N2O/c1-3-4-9-15-17(20)19(11-14-10-12(14)2)16(18-15)13-7-5-6-8-13/h12-16,18H,3-11H2,1-2H3. The fraction of sp³-hybridized carbons (Fsp3) is 0.941. The molecule has 3 nitrogen and oxygen atoms in total. The van der Waals surface area contributed by atoms with Gasteiger partial charge in [0.15, 0.2) is 0 Å². The van der Waals surface area contributed by atoms with E-state index in [4.69, 9.17) is 0 Å². The first-order valence-electron chi connectivity index (χ1n) is 8.77. The third-order valence-electron chi connectivity index (χ3n) is 5.69. The summed E-state index contributed by atoms with van der Waals surface area (Å²) < 4.78 is 0. The van der Waals surface area contributed by atoms with Crippen molar-refractivity contribution in [3.05, 3.63) is 0 Å². The summed E-state index contributed by atoms with van der Waals surface area (Å²) in [4.78, 5) is 14.9. The first-order chi connectivity index (χ1) is 9.70. The predicted molar refractivity (Wildman–Crippen MR) is 81.2 cm³/mol.